The first-order valence-electron chi connectivity index (χ1n) is 15.5. The fourth-order valence-corrected chi connectivity index (χ4v) is 5.31. The van der Waals surface area contributed by atoms with Crippen LogP contribution >= 0.6 is 0 Å². The van der Waals surface area contributed by atoms with E-state index in [1.165, 1.54) is 29.8 Å². The van der Waals surface area contributed by atoms with Gasteiger partial charge in [-0.15, -0.1) is 0 Å². The summed E-state index contributed by atoms with van der Waals surface area (Å²) < 4.78 is 87.3. The van der Waals surface area contributed by atoms with Crippen LogP contribution in [0.15, 0.2) is 91.0 Å². The Kier molecular flexibility index (Phi) is 12.3. The summed E-state index contributed by atoms with van der Waals surface area (Å²) in [4.78, 5) is 24.8. The van der Waals surface area contributed by atoms with Crippen LogP contribution in [0.5, 0.6) is 5.75 Å². The fraction of sp³-hybridized carbons (Fsp3) is 0.297. The number of carboxylic acids is 1. The van der Waals surface area contributed by atoms with Gasteiger partial charge in [-0.3, -0.25) is 4.79 Å². The van der Waals surface area contributed by atoms with Crippen LogP contribution in [0.2, 0.25) is 0 Å². The van der Waals surface area contributed by atoms with Crippen molar-refractivity contribution in [1.82, 2.24) is 5.32 Å². The van der Waals surface area contributed by atoms with Crippen molar-refractivity contribution >= 4 is 11.9 Å². The van der Waals surface area contributed by atoms with E-state index in [-0.39, 0.29) is 33.6 Å². The van der Waals surface area contributed by atoms with Crippen molar-refractivity contribution in [2.75, 3.05) is 13.2 Å². The number of carbonyl (C=O) groups excluding carboxylic acids is 1. The third-order valence-corrected chi connectivity index (χ3v) is 7.71. The molecule has 0 heterocycles. The van der Waals surface area contributed by atoms with E-state index < -0.39 is 42.0 Å². The minimum atomic E-state index is -4.72. The molecule has 48 heavy (non-hydrogen) atoms. The van der Waals surface area contributed by atoms with E-state index in [0.717, 1.165) is 74.9 Å². The average Bonchev–Trinajstić information content (AvgIpc) is 3.06. The number of carboxylic acid groups (broad SMARTS) is 1. The number of aliphatic carboxylic acids is 1. The molecule has 0 fully saturated rings. The Morgan fingerprint density at radius 1 is 0.646 bits per heavy atom. The molecule has 2 N–H and O–H groups in total. The molecule has 0 aliphatic rings. The van der Waals surface area contributed by atoms with Gasteiger partial charge in [0.1, 0.15) is 5.75 Å². The van der Waals surface area contributed by atoms with Gasteiger partial charge in [0.15, 0.2) is 6.61 Å². The van der Waals surface area contributed by atoms with Crippen molar-refractivity contribution in [1.29, 1.82) is 0 Å². The monoisotopic (exact) mass is 671 g/mol. The summed E-state index contributed by atoms with van der Waals surface area (Å²) >= 11 is 0. The minimum absolute atomic E-state index is 0.0431. The Hall–Kier alpha value is -4.80. The zero-order chi connectivity index (χ0) is 34.7. The number of amides is 1. The Labute approximate surface area is 274 Å². The number of unbranched alkanes of at least 4 members (excludes halogenated alkanes) is 5. The van der Waals surface area contributed by atoms with Crippen LogP contribution < -0.4 is 10.1 Å². The van der Waals surface area contributed by atoms with Crippen LogP contribution in [0.25, 0.3) is 22.3 Å². The van der Waals surface area contributed by atoms with Gasteiger partial charge < -0.3 is 15.2 Å². The highest BCUT2D eigenvalue weighted by Crippen LogP contribution is 2.43. The van der Waals surface area contributed by atoms with Gasteiger partial charge in [-0.2, -0.15) is 26.3 Å². The first-order chi connectivity index (χ1) is 22.8. The molecule has 0 unspecified atom stereocenters. The van der Waals surface area contributed by atoms with Crippen molar-refractivity contribution in [3.05, 3.63) is 113 Å². The molecule has 0 saturated heterocycles. The highest BCUT2D eigenvalue weighted by atomic mass is 19.4. The Balaban J connectivity index is 1.57. The summed E-state index contributed by atoms with van der Waals surface area (Å²) in [7, 11) is 0. The van der Waals surface area contributed by atoms with Crippen molar-refractivity contribution < 1.29 is 45.8 Å². The third kappa shape index (κ3) is 10.4. The maximum absolute atomic E-state index is 13.6. The van der Waals surface area contributed by atoms with E-state index >= 15 is 0 Å². The molecule has 0 aliphatic carbocycles. The standard InChI is InChI=1S/C37H35F6NO4/c38-36(39,40)29-17-10-15-26(20-29)31-22-28(35(47)44-19-9-4-2-1-3-6-12-25-13-7-5-8-14-25)23-32(34(31)48-24-33(45)46)27-16-11-18-30(21-27)37(41,42)43/h5,7-8,10-11,13-18,20-23H,1-4,6,9,12,19,24H2,(H,44,47)(H,45,46). The molecule has 0 radical (unpaired) electrons. The number of ether oxygens (including phenoxy) is 1. The van der Waals surface area contributed by atoms with Crippen LogP contribution in [0.1, 0.15) is 65.6 Å². The molecule has 254 valence electrons. The number of benzene rings is 4. The Bertz CT molecular complexity index is 1610. The molecule has 4 rings (SSSR count). The van der Waals surface area contributed by atoms with E-state index in [4.69, 9.17) is 4.74 Å². The predicted molar refractivity (Wildman–Crippen MR) is 171 cm³/mol. The first kappa shape index (κ1) is 36.0. The molecular weight excluding hydrogens is 636 g/mol. The minimum Gasteiger partial charge on any atom is -0.481 e. The van der Waals surface area contributed by atoms with Gasteiger partial charge in [-0.1, -0.05) is 80.3 Å². The molecule has 4 aromatic rings. The molecule has 0 aromatic heterocycles. The topological polar surface area (TPSA) is 75.6 Å². The van der Waals surface area contributed by atoms with Gasteiger partial charge in [0.25, 0.3) is 5.91 Å². The number of rotatable bonds is 15. The van der Waals surface area contributed by atoms with Crippen molar-refractivity contribution in [3.8, 4) is 28.0 Å². The Morgan fingerprint density at radius 2 is 1.17 bits per heavy atom. The van der Waals surface area contributed by atoms with Gasteiger partial charge >= 0.3 is 18.3 Å². The van der Waals surface area contributed by atoms with E-state index in [9.17, 15) is 41.0 Å². The second kappa shape index (κ2) is 16.3. The molecule has 0 saturated carbocycles. The molecular formula is C37H35F6NO4. The summed E-state index contributed by atoms with van der Waals surface area (Å²) in [5.74, 6) is -2.29. The number of nitrogens with one attached hydrogen (secondary N) is 1. The van der Waals surface area contributed by atoms with E-state index in [0.29, 0.717) is 13.0 Å². The van der Waals surface area contributed by atoms with E-state index in [1.54, 1.807) is 0 Å². The van der Waals surface area contributed by atoms with Crippen molar-refractivity contribution in [2.45, 2.75) is 57.3 Å². The first-order valence-corrected chi connectivity index (χ1v) is 15.5. The zero-order valence-corrected chi connectivity index (χ0v) is 26.0. The largest absolute Gasteiger partial charge is 0.481 e. The number of halogens is 6. The number of carbonyl (C=O) groups is 2. The quantitative estimate of drug-likeness (QED) is 0.0975. The van der Waals surface area contributed by atoms with Crippen LogP contribution in [0.4, 0.5) is 26.3 Å². The number of hydrogen-bond donors (Lipinski definition) is 2. The zero-order valence-electron chi connectivity index (χ0n) is 26.0. The molecule has 0 aliphatic heterocycles. The van der Waals surface area contributed by atoms with Crippen molar-refractivity contribution in [2.24, 2.45) is 0 Å². The second-order valence-corrected chi connectivity index (χ2v) is 11.4. The SMILES string of the molecule is O=C(O)COc1c(-c2cccc(C(F)(F)F)c2)cc(C(=O)NCCCCCCCCc2ccccc2)cc1-c1cccc(C(F)(F)F)c1. The van der Waals surface area contributed by atoms with Crippen LogP contribution in [-0.4, -0.2) is 30.1 Å². The summed E-state index contributed by atoms with van der Waals surface area (Å²) in [6, 6.07) is 20.9. The number of hydrogen-bond acceptors (Lipinski definition) is 3. The predicted octanol–water partition coefficient (Wildman–Crippen LogP) is 9.83. The van der Waals surface area contributed by atoms with E-state index in [2.05, 4.69) is 17.4 Å². The maximum atomic E-state index is 13.6. The molecule has 4 aromatic carbocycles. The van der Waals surface area contributed by atoms with Crippen LogP contribution in [0, 0.1) is 0 Å². The molecule has 5 nitrogen and oxygen atoms in total. The summed E-state index contributed by atoms with van der Waals surface area (Å²) in [6.07, 6.45) is -2.73. The molecule has 0 bridgehead atoms. The lowest BCUT2D eigenvalue weighted by Gasteiger charge is -2.19. The number of aryl methyl sites for hydroxylation is 1. The van der Waals surface area contributed by atoms with Crippen LogP contribution in [-0.2, 0) is 23.6 Å². The summed E-state index contributed by atoms with van der Waals surface area (Å²) in [5, 5.41) is 12.1. The maximum Gasteiger partial charge on any atom is 0.416 e. The highest BCUT2D eigenvalue weighted by Gasteiger charge is 2.32. The normalized spacial score (nSPS) is 11.7. The Morgan fingerprint density at radius 3 is 1.69 bits per heavy atom. The smallest absolute Gasteiger partial charge is 0.416 e. The van der Waals surface area contributed by atoms with Gasteiger partial charge in [0.2, 0.25) is 0 Å². The van der Waals surface area contributed by atoms with Gasteiger partial charge in [0.05, 0.1) is 11.1 Å². The van der Waals surface area contributed by atoms with Gasteiger partial charge in [-0.05, 0) is 72.4 Å². The fourth-order valence-electron chi connectivity index (χ4n) is 5.31. The summed E-state index contributed by atoms with van der Waals surface area (Å²) in [5.41, 5.74) is -1.08. The molecule has 1 amide bonds. The molecule has 0 atom stereocenters. The lowest BCUT2D eigenvalue weighted by Crippen LogP contribution is -2.24. The molecule has 0 spiro atoms. The average molecular weight is 672 g/mol. The summed E-state index contributed by atoms with van der Waals surface area (Å²) in [6.45, 7) is -0.631. The third-order valence-electron chi connectivity index (χ3n) is 7.71. The number of alkyl halides is 6. The van der Waals surface area contributed by atoms with Crippen molar-refractivity contribution in [3.63, 3.8) is 0 Å². The van der Waals surface area contributed by atoms with E-state index in [1.807, 2.05) is 18.2 Å². The van der Waals surface area contributed by atoms with Crippen LogP contribution in [0.3, 0.4) is 0 Å². The highest BCUT2D eigenvalue weighted by molar-refractivity contribution is 5.99. The lowest BCUT2D eigenvalue weighted by atomic mass is 9.92. The second-order valence-electron chi connectivity index (χ2n) is 11.4. The van der Waals surface area contributed by atoms with Gasteiger partial charge in [-0.25, -0.2) is 4.79 Å². The lowest BCUT2D eigenvalue weighted by molar-refractivity contribution is -0.139. The van der Waals surface area contributed by atoms with Gasteiger partial charge in [0, 0.05) is 23.2 Å². The molecule has 11 heteroatoms.